The van der Waals surface area contributed by atoms with E-state index in [0.29, 0.717) is 6.54 Å². The van der Waals surface area contributed by atoms with Crippen LogP contribution in [-0.2, 0) is 6.54 Å². The zero-order valence-electron chi connectivity index (χ0n) is 7.41. The van der Waals surface area contributed by atoms with Crippen LogP contribution in [0, 0.1) is 0 Å². The molecule has 3 N–H and O–H groups in total. The fourth-order valence-electron chi connectivity index (χ4n) is 0.840. The van der Waals surface area contributed by atoms with Gasteiger partial charge in [0.15, 0.2) is 0 Å². The molecule has 12 heavy (non-hydrogen) atoms. The molecule has 0 fully saturated rings. The van der Waals surface area contributed by atoms with Crippen LogP contribution in [0.15, 0.2) is 18.3 Å². The lowest BCUT2D eigenvalue weighted by Crippen LogP contribution is -2.20. The molecule has 0 aliphatic heterocycles. The topological polar surface area (TPSA) is 54.2 Å². The van der Waals surface area contributed by atoms with Gasteiger partial charge in [0.1, 0.15) is 5.82 Å². The van der Waals surface area contributed by atoms with Gasteiger partial charge in [-0.2, -0.15) is 0 Å². The van der Waals surface area contributed by atoms with E-state index in [1.165, 1.54) is 0 Å². The Bertz CT molecular complexity index is 229. The molecule has 4 nitrogen and oxygen atoms in total. The van der Waals surface area contributed by atoms with E-state index in [1.54, 1.807) is 6.20 Å². The molecule has 0 amide bonds. The average molecular weight is 166 g/mol. The van der Waals surface area contributed by atoms with Crippen LogP contribution in [0.25, 0.3) is 0 Å². The van der Waals surface area contributed by atoms with E-state index in [-0.39, 0.29) is 0 Å². The molecule has 0 saturated carbocycles. The Balaban J connectivity index is 2.65. The number of hydrazine groups is 1. The standard InChI is InChI=1S/C8H14N4/c1-12(2)11-8-4-3-7(5-9)6-10-8/h3-4,6H,5,9H2,1-2H3,(H,10,11). The smallest absolute Gasteiger partial charge is 0.140 e. The van der Waals surface area contributed by atoms with E-state index in [9.17, 15) is 0 Å². The highest BCUT2D eigenvalue weighted by Crippen LogP contribution is 2.03. The zero-order chi connectivity index (χ0) is 8.97. The number of aromatic nitrogens is 1. The average Bonchev–Trinajstić information content (AvgIpc) is 2.05. The first-order chi connectivity index (χ1) is 5.72. The third-order valence-corrected chi connectivity index (χ3v) is 1.40. The van der Waals surface area contributed by atoms with Crippen molar-refractivity contribution >= 4 is 5.82 Å². The maximum Gasteiger partial charge on any atom is 0.140 e. The van der Waals surface area contributed by atoms with Gasteiger partial charge in [0.2, 0.25) is 0 Å². The second-order valence-corrected chi connectivity index (χ2v) is 2.76. The molecular weight excluding hydrogens is 152 g/mol. The highest BCUT2D eigenvalue weighted by molar-refractivity contribution is 5.34. The van der Waals surface area contributed by atoms with Gasteiger partial charge in [0.25, 0.3) is 0 Å². The Morgan fingerprint density at radius 1 is 1.50 bits per heavy atom. The van der Waals surface area contributed by atoms with Crippen molar-refractivity contribution in [3.05, 3.63) is 23.9 Å². The Morgan fingerprint density at radius 3 is 2.67 bits per heavy atom. The van der Waals surface area contributed by atoms with Crippen molar-refractivity contribution in [3.8, 4) is 0 Å². The third-order valence-electron chi connectivity index (χ3n) is 1.40. The van der Waals surface area contributed by atoms with Gasteiger partial charge in [0.05, 0.1) is 0 Å². The largest absolute Gasteiger partial charge is 0.326 e. The second-order valence-electron chi connectivity index (χ2n) is 2.76. The number of rotatable bonds is 3. The third kappa shape index (κ3) is 2.48. The van der Waals surface area contributed by atoms with Crippen molar-refractivity contribution in [2.24, 2.45) is 5.73 Å². The summed E-state index contributed by atoms with van der Waals surface area (Å²) >= 11 is 0. The molecule has 0 aliphatic carbocycles. The van der Waals surface area contributed by atoms with E-state index in [1.807, 2.05) is 31.2 Å². The number of nitrogens with zero attached hydrogens (tertiary/aromatic N) is 2. The zero-order valence-corrected chi connectivity index (χ0v) is 7.41. The van der Waals surface area contributed by atoms with Gasteiger partial charge in [0, 0.05) is 26.8 Å². The number of nitrogens with one attached hydrogen (secondary N) is 1. The summed E-state index contributed by atoms with van der Waals surface area (Å²) in [6.45, 7) is 0.537. The number of anilines is 1. The minimum atomic E-state index is 0.537. The van der Waals surface area contributed by atoms with Gasteiger partial charge in [-0.15, -0.1) is 0 Å². The quantitative estimate of drug-likeness (QED) is 0.639. The van der Waals surface area contributed by atoms with Gasteiger partial charge in [-0.25, -0.2) is 9.99 Å². The lowest BCUT2D eigenvalue weighted by Gasteiger charge is -2.12. The van der Waals surface area contributed by atoms with Crippen LogP contribution in [0.1, 0.15) is 5.56 Å². The number of hydrogen-bond donors (Lipinski definition) is 2. The first-order valence-electron chi connectivity index (χ1n) is 3.81. The predicted molar refractivity (Wildman–Crippen MR) is 49.4 cm³/mol. The lowest BCUT2D eigenvalue weighted by atomic mass is 10.3. The molecule has 1 aromatic rings. The van der Waals surface area contributed by atoms with Crippen molar-refractivity contribution in [1.29, 1.82) is 0 Å². The highest BCUT2D eigenvalue weighted by Gasteiger charge is 1.93. The number of hydrogen-bond acceptors (Lipinski definition) is 4. The van der Waals surface area contributed by atoms with E-state index in [4.69, 9.17) is 5.73 Å². The molecule has 0 aliphatic rings. The molecule has 0 saturated heterocycles. The molecule has 0 bridgehead atoms. The van der Waals surface area contributed by atoms with Crippen LogP contribution in [0.3, 0.4) is 0 Å². The van der Waals surface area contributed by atoms with Crippen LogP contribution in [-0.4, -0.2) is 24.1 Å². The minimum absolute atomic E-state index is 0.537. The van der Waals surface area contributed by atoms with Gasteiger partial charge in [-0.1, -0.05) is 6.07 Å². The second kappa shape index (κ2) is 4.04. The molecule has 4 heteroatoms. The molecule has 66 valence electrons. The molecular formula is C8H14N4. The molecule has 1 rings (SSSR count). The van der Waals surface area contributed by atoms with Crippen LogP contribution in [0.2, 0.25) is 0 Å². The Morgan fingerprint density at radius 2 is 2.25 bits per heavy atom. The van der Waals surface area contributed by atoms with Crippen molar-refractivity contribution in [2.45, 2.75) is 6.54 Å². The first kappa shape index (κ1) is 8.96. The maximum absolute atomic E-state index is 5.43. The van der Waals surface area contributed by atoms with Gasteiger partial charge in [-0.05, 0) is 11.6 Å². The summed E-state index contributed by atoms with van der Waals surface area (Å²) < 4.78 is 0. The van der Waals surface area contributed by atoms with Gasteiger partial charge >= 0.3 is 0 Å². The summed E-state index contributed by atoms with van der Waals surface area (Å²) in [6.07, 6.45) is 1.77. The number of pyridine rings is 1. The Kier molecular flexibility index (Phi) is 3.01. The first-order valence-corrected chi connectivity index (χ1v) is 3.81. The molecule has 0 aromatic carbocycles. The summed E-state index contributed by atoms with van der Waals surface area (Å²) in [5, 5.41) is 1.84. The lowest BCUT2D eigenvalue weighted by molar-refractivity contribution is 0.492. The predicted octanol–water partition coefficient (Wildman–Crippen LogP) is 0.429. The van der Waals surface area contributed by atoms with E-state index < -0.39 is 0 Å². The Hall–Kier alpha value is -1.13. The van der Waals surface area contributed by atoms with Gasteiger partial charge in [-0.3, -0.25) is 0 Å². The van der Waals surface area contributed by atoms with E-state index in [0.717, 1.165) is 11.4 Å². The normalized spacial score (nSPS) is 10.3. The van der Waals surface area contributed by atoms with Crippen LogP contribution in [0.5, 0.6) is 0 Å². The molecule has 0 spiro atoms. The van der Waals surface area contributed by atoms with Crippen molar-refractivity contribution in [3.63, 3.8) is 0 Å². The van der Waals surface area contributed by atoms with Crippen molar-refractivity contribution in [1.82, 2.24) is 9.99 Å². The highest BCUT2D eigenvalue weighted by atomic mass is 15.5. The summed E-state index contributed by atoms with van der Waals surface area (Å²) in [5.74, 6) is 0.831. The van der Waals surface area contributed by atoms with Crippen LogP contribution < -0.4 is 11.2 Å². The molecule has 0 radical (unpaired) electrons. The fraction of sp³-hybridized carbons (Fsp3) is 0.375. The van der Waals surface area contributed by atoms with Crippen LogP contribution >= 0.6 is 0 Å². The molecule has 1 aromatic heterocycles. The fourth-order valence-corrected chi connectivity index (χ4v) is 0.840. The van der Waals surface area contributed by atoms with Crippen molar-refractivity contribution in [2.75, 3.05) is 19.5 Å². The summed E-state index contributed by atoms with van der Waals surface area (Å²) in [4.78, 5) is 4.16. The SMILES string of the molecule is CN(C)Nc1ccc(CN)cn1. The monoisotopic (exact) mass is 166 g/mol. The van der Waals surface area contributed by atoms with Crippen molar-refractivity contribution < 1.29 is 0 Å². The van der Waals surface area contributed by atoms with Gasteiger partial charge < -0.3 is 11.2 Å². The minimum Gasteiger partial charge on any atom is -0.326 e. The molecule has 0 unspecified atom stereocenters. The number of nitrogens with two attached hydrogens (primary N) is 1. The molecule has 1 heterocycles. The van der Waals surface area contributed by atoms with E-state index in [2.05, 4.69) is 10.4 Å². The Labute approximate surface area is 72.4 Å². The van der Waals surface area contributed by atoms with E-state index >= 15 is 0 Å². The maximum atomic E-state index is 5.43. The summed E-state index contributed by atoms with van der Waals surface area (Å²) in [6, 6.07) is 3.86. The van der Waals surface area contributed by atoms with Crippen LogP contribution in [0.4, 0.5) is 5.82 Å². The molecule has 0 atom stereocenters. The summed E-state index contributed by atoms with van der Waals surface area (Å²) in [5.41, 5.74) is 9.51. The summed E-state index contributed by atoms with van der Waals surface area (Å²) in [7, 11) is 3.83.